The number of pyridine rings is 1. The summed E-state index contributed by atoms with van der Waals surface area (Å²) in [7, 11) is 1.54. The Morgan fingerprint density at radius 2 is 2.08 bits per heavy atom. The number of methoxy groups -OCH3 is 1. The zero-order chi connectivity index (χ0) is 17.1. The van der Waals surface area contributed by atoms with Gasteiger partial charge in [-0.25, -0.2) is 4.98 Å². The van der Waals surface area contributed by atoms with Gasteiger partial charge in [-0.3, -0.25) is 14.5 Å². The number of carbonyl (C=O) groups excluding carboxylic acids is 2. The maximum absolute atomic E-state index is 12.5. The van der Waals surface area contributed by atoms with E-state index >= 15 is 0 Å². The molecule has 0 bridgehead atoms. The molecule has 1 aliphatic rings. The Balaban J connectivity index is 1.94. The molecule has 2 aromatic rings. The van der Waals surface area contributed by atoms with Gasteiger partial charge in [0.1, 0.15) is 5.15 Å². The van der Waals surface area contributed by atoms with Crippen LogP contribution in [0, 0.1) is 0 Å². The van der Waals surface area contributed by atoms with Crippen molar-refractivity contribution >= 4 is 40.4 Å². The van der Waals surface area contributed by atoms with Gasteiger partial charge < -0.3 is 4.74 Å². The fourth-order valence-corrected chi connectivity index (χ4v) is 2.91. The van der Waals surface area contributed by atoms with Crippen LogP contribution in [-0.2, 0) is 14.3 Å². The number of para-hydroxylation sites is 1. The van der Waals surface area contributed by atoms with Gasteiger partial charge in [0.05, 0.1) is 18.7 Å². The molecular weight excluding hydrogens is 328 g/mol. The van der Waals surface area contributed by atoms with E-state index in [0.29, 0.717) is 35.7 Å². The zero-order valence-electron chi connectivity index (χ0n) is 13.3. The van der Waals surface area contributed by atoms with E-state index in [1.165, 1.54) is 12.0 Å². The molecule has 1 aromatic carbocycles. The van der Waals surface area contributed by atoms with Crippen molar-refractivity contribution in [2.24, 2.45) is 0 Å². The number of rotatable bonds is 4. The third-order valence-electron chi connectivity index (χ3n) is 3.98. The first kappa shape index (κ1) is 16.6. The predicted octanol–water partition coefficient (Wildman–Crippen LogP) is 3.07. The summed E-state index contributed by atoms with van der Waals surface area (Å²) in [6.45, 7) is 0.582. The third kappa shape index (κ3) is 3.32. The predicted molar refractivity (Wildman–Crippen MR) is 92.6 cm³/mol. The van der Waals surface area contributed by atoms with Gasteiger partial charge >= 0.3 is 0 Å². The molecule has 1 fully saturated rings. The van der Waals surface area contributed by atoms with E-state index in [4.69, 9.17) is 16.3 Å². The van der Waals surface area contributed by atoms with Gasteiger partial charge in [0.25, 0.3) is 5.91 Å². The summed E-state index contributed by atoms with van der Waals surface area (Å²) in [6.07, 6.45) is 2.45. The molecule has 0 radical (unpaired) electrons. The quantitative estimate of drug-likeness (QED) is 0.486. The largest absolute Gasteiger partial charge is 0.383 e. The van der Waals surface area contributed by atoms with Crippen LogP contribution >= 0.6 is 11.6 Å². The van der Waals surface area contributed by atoms with Crippen LogP contribution in [0.3, 0.4) is 0 Å². The van der Waals surface area contributed by atoms with Crippen molar-refractivity contribution in [1.82, 2.24) is 9.88 Å². The van der Waals surface area contributed by atoms with Crippen molar-refractivity contribution < 1.29 is 14.3 Å². The molecule has 3 rings (SSSR count). The van der Waals surface area contributed by atoms with E-state index in [1.54, 1.807) is 6.08 Å². The summed E-state index contributed by atoms with van der Waals surface area (Å²) in [4.78, 5) is 30.1. The van der Waals surface area contributed by atoms with Crippen LogP contribution in [0.5, 0.6) is 0 Å². The lowest BCUT2D eigenvalue weighted by Crippen LogP contribution is -2.43. The number of hydrogen-bond acceptors (Lipinski definition) is 4. The summed E-state index contributed by atoms with van der Waals surface area (Å²) < 4.78 is 4.97. The maximum atomic E-state index is 12.5. The number of aromatic nitrogens is 1. The standard InChI is InChI=1S/C18H17ClN2O3/c1-24-9-8-21-16(22)7-6-13(18(21)23)11-14-10-12-4-2-3-5-15(12)20-17(14)19/h2-5,10-11H,6-9H2,1H3/b13-11-. The molecule has 5 nitrogen and oxygen atoms in total. The molecule has 0 unspecified atom stereocenters. The minimum Gasteiger partial charge on any atom is -0.383 e. The second-order valence-electron chi connectivity index (χ2n) is 5.57. The number of piperidine rings is 1. The number of carbonyl (C=O) groups is 2. The van der Waals surface area contributed by atoms with Crippen LogP contribution in [0.15, 0.2) is 35.9 Å². The molecule has 6 heteroatoms. The number of nitrogens with zero attached hydrogens (tertiary/aromatic N) is 2. The molecule has 2 heterocycles. The number of hydrogen-bond donors (Lipinski definition) is 0. The van der Waals surface area contributed by atoms with Gasteiger partial charge in [-0.05, 0) is 24.6 Å². The second-order valence-corrected chi connectivity index (χ2v) is 5.93. The van der Waals surface area contributed by atoms with E-state index in [0.717, 1.165) is 10.9 Å². The van der Waals surface area contributed by atoms with E-state index in [9.17, 15) is 9.59 Å². The number of fused-ring (bicyclic) bond motifs is 1. The van der Waals surface area contributed by atoms with E-state index in [-0.39, 0.29) is 18.4 Å². The average Bonchev–Trinajstić information content (AvgIpc) is 2.58. The van der Waals surface area contributed by atoms with Gasteiger partial charge in [-0.1, -0.05) is 29.8 Å². The zero-order valence-corrected chi connectivity index (χ0v) is 14.0. The van der Waals surface area contributed by atoms with Gasteiger partial charge in [0, 0.05) is 30.1 Å². The van der Waals surface area contributed by atoms with Crippen molar-refractivity contribution in [3.05, 3.63) is 46.6 Å². The van der Waals surface area contributed by atoms with Crippen molar-refractivity contribution in [2.75, 3.05) is 20.3 Å². The second kappa shape index (κ2) is 7.11. The lowest BCUT2D eigenvalue weighted by atomic mass is 10.0. The molecule has 0 spiro atoms. The van der Waals surface area contributed by atoms with Crippen molar-refractivity contribution in [3.63, 3.8) is 0 Å². The van der Waals surface area contributed by atoms with Crippen molar-refractivity contribution in [3.8, 4) is 0 Å². The third-order valence-corrected chi connectivity index (χ3v) is 4.29. The first-order chi connectivity index (χ1) is 11.6. The Morgan fingerprint density at radius 1 is 1.29 bits per heavy atom. The minimum atomic E-state index is -0.285. The lowest BCUT2D eigenvalue weighted by Gasteiger charge is -2.26. The highest BCUT2D eigenvalue weighted by Crippen LogP contribution is 2.26. The van der Waals surface area contributed by atoms with Crippen LogP contribution in [0.1, 0.15) is 18.4 Å². The molecule has 1 saturated heterocycles. The molecule has 0 N–H and O–H groups in total. The Bertz CT molecular complexity index is 832. The summed E-state index contributed by atoms with van der Waals surface area (Å²) in [5.41, 5.74) is 2.04. The number of likely N-dealkylation sites (tertiary alicyclic amines) is 1. The maximum Gasteiger partial charge on any atom is 0.256 e. The first-order valence-electron chi connectivity index (χ1n) is 7.69. The highest BCUT2D eigenvalue weighted by molar-refractivity contribution is 6.31. The normalized spacial score (nSPS) is 17.1. The van der Waals surface area contributed by atoms with Crippen LogP contribution in [0.4, 0.5) is 0 Å². The Kier molecular flexibility index (Phi) is 4.92. The minimum absolute atomic E-state index is 0.170. The monoisotopic (exact) mass is 344 g/mol. The summed E-state index contributed by atoms with van der Waals surface area (Å²) in [5, 5.41) is 1.29. The molecule has 2 amide bonds. The molecule has 1 aliphatic heterocycles. The highest BCUT2D eigenvalue weighted by Gasteiger charge is 2.29. The van der Waals surface area contributed by atoms with Gasteiger partial charge in [-0.2, -0.15) is 0 Å². The number of ether oxygens (including phenoxy) is 1. The van der Waals surface area contributed by atoms with Crippen LogP contribution in [0.25, 0.3) is 17.0 Å². The van der Waals surface area contributed by atoms with E-state index in [1.807, 2.05) is 30.3 Å². The number of imide groups is 1. The molecule has 0 atom stereocenters. The molecule has 0 aliphatic carbocycles. The highest BCUT2D eigenvalue weighted by atomic mass is 35.5. The van der Waals surface area contributed by atoms with Gasteiger partial charge in [0.15, 0.2) is 0 Å². The lowest BCUT2D eigenvalue weighted by molar-refractivity contribution is -0.145. The SMILES string of the molecule is COCCN1C(=O)CC/C(=C/c2cc3ccccc3nc2Cl)C1=O. The van der Waals surface area contributed by atoms with Crippen LogP contribution in [0.2, 0.25) is 5.15 Å². The van der Waals surface area contributed by atoms with Crippen LogP contribution < -0.4 is 0 Å². The van der Waals surface area contributed by atoms with E-state index in [2.05, 4.69) is 4.98 Å². The van der Waals surface area contributed by atoms with Gasteiger partial charge in [-0.15, -0.1) is 0 Å². The van der Waals surface area contributed by atoms with E-state index < -0.39 is 0 Å². The Labute approximate surface area is 144 Å². The summed E-state index contributed by atoms with van der Waals surface area (Å²) in [6, 6.07) is 9.55. The number of amides is 2. The molecule has 24 heavy (non-hydrogen) atoms. The van der Waals surface area contributed by atoms with Crippen molar-refractivity contribution in [2.45, 2.75) is 12.8 Å². The molecule has 1 aromatic heterocycles. The van der Waals surface area contributed by atoms with Crippen LogP contribution in [-0.4, -0.2) is 42.0 Å². The Hall–Kier alpha value is -2.24. The summed E-state index contributed by atoms with van der Waals surface area (Å²) >= 11 is 6.25. The Morgan fingerprint density at radius 3 is 2.88 bits per heavy atom. The number of benzene rings is 1. The first-order valence-corrected chi connectivity index (χ1v) is 8.07. The fourth-order valence-electron chi connectivity index (χ4n) is 2.71. The van der Waals surface area contributed by atoms with Crippen molar-refractivity contribution in [1.29, 1.82) is 0 Å². The molecular formula is C18H17ClN2O3. The summed E-state index contributed by atoms with van der Waals surface area (Å²) in [5.74, 6) is -0.454. The fraction of sp³-hybridized carbons (Fsp3) is 0.278. The number of halogens is 1. The molecule has 0 saturated carbocycles. The average molecular weight is 345 g/mol. The van der Waals surface area contributed by atoms with Gasteiger partial charge in [0.2, 0.25) is 5.91 Å². The smallest absolute Gasteiger partial charge is 0.256 e. The topological polar surface area (TPSA) is 59.5 Å². The molecule has 124 valence electrons.